The molecular formula is C13H27NO3. The summed E-state index contributed by atoms with van der Waals surface area (Å²) in [7, 11) is 1.68. The zero-order valence-electron chi connectivity index (χ0n) is 11.2. The fourth-order valence-electron chi connectivity index (χ4n) is 2.29. The van der Waals surface area contributed by atoms with Crippen LogP contribution in [0.1, 0.15) is 32.6 Å². The summed E-state index contributed by atoms with van der Waals surface area (Å²) >= 11 is 0. The molecule has 1 aliphatic carbocycles. The summed E-state index contributed by atoms with van der Waals surface area (Å²) < 4.78 is 16.1. The van der Waals surface area contributed by atoms with Gasteiger partial charge in [-0.2, -0.15) is 0 Å². The quantitative estimate of drug-likeness (QED) is 0.626. The van der Waals surface area contributed by atoms with Crippen molar-refractivity contribution in [3.8, 4) is 0 Å². The summed E-state index contributed by atoms with van der Waals surface area (Å²) in [4.78, 5) is 0. The molecule has 2 unspecified atom stereocenters. The third kappa shape index (κ3) is 6.99. The fraction of sp³-hybridized carbons (Fsp3) is 1.00. The molecule has 0 amide bonds. The van der Waals surface area contributed by atoms with E-state index in [-0.39, 0.29) is 0 Å². The van der Waals surface area contributed by atoms with E-state index in [1.165, 1.54) is 19.3 Å². The third-order valence-corrected chi connectivity index (χ3v) is 3.13. The van der Waals surface area contributed by atoms with E-state index in [4.69, 9.17) is 14.2 Å². The smallest absolute Gasteiger partial charge is 0.0704 e. The van der Waals surface area contributed by atoms with Gasteiger partial charge in [-0.15, -0.1) is 0 Å². The molecule has 1 saturated carbocycles. The van der Waals surface area contributed by atoms with Crippen molar-refractivity contribution >= 4 is 0 Å². The van der Waals surface area contributed by atoms with E-state index < -0.39 is 0 Å². The lowest BCUT2D eigenvalue weighted by Crippen LogP contribution is -2.37. The maximum atomic E-state index is 5.83. The Hall–Kier alpha value is -0.160. The average Bonchev–Trinajstić information content (AvgIpc) is 2.35. The first kappa shape index (κ1) is 14.9. The number of hydrogen-bond donors (Lipinski definition) is 1. The highest BCUT2D eigenvalue weighted by Gasteiger charge is 2.21. The molecule has 0 spiro atoms. The summed E-state index contributed by atoms with van der Waals surface area (Å²) in [6, 6.07) is 0.646. The van der Waals surface area contributed by atoms with E-state index >= 15 is 0 Å². The van der Waals surface area contributed by atoms with E-state index in [0.717, 1.165) is 13.0 Å². The van der Waals surface area contributed by atoms with Crippen molar-refractivity contribution < 1.29 is 14.2 Å². The van der Waals surface area contributed by atoms with Crippen LogP contribution in [0.5, 0.6) is 0 Å². The van der Waals surface area contributed by atoms with Gasteiger partial charge in [0.1, 0.15) is 0 Å². The summed E-state index contributed by atoms with van der Waals surface area (Å²) in [6.07, 6.45) is 5.32. The van der Waals surface area contributed by atoms with Crippen LogP contribution in [-0.2, 0) is 14.2 Å². The van der Waals surface area contributed by atoms with Crippen LogP contribution in [0.2, 0.25) is 0 Å². The Labute approximate surface area is 105 Å². The highest BCUT2D eigenvalue weighted by atomic mass is 16.5. The summed E-state index contributed by atoms with van der Waals surface area (Å²) in [5.41, 5.74) is 0. The first-order chi connectivity index (χ1) is 8.36. The van der Waals surface area contributed by atoms with Crippen molar-refractivity contribution in [2.45, 2.75) is 44.8 Å². The van der Waals surface area contributed by atoms with E-state index in [9.17, 15) is 0 Å². The summed E-state index contributed by atoms with van der Waals surface area (Å²) in [6.45, 7) is 5.90. The van der Waals surface area contributed by atoms with Gasteiger partial charge in [-0.1, -0.05) is 6.92 Å². The monoisotopic (exact) mass is 245 g/mol. The van der Waals surface area contributed by atoms with Crippen LogP contribution in [0.4, 0.5) is 0 Å². The van der Waals surface area contributed by atoms with E-state index in [1.807, 2.05) is 0 Å². The van der Waals surface area contributed by atoms with Gasteiger partial charge in [-0.3, -0.25) is 0 Å². The van der Waals surface area contributed by atoms with Crippen LogP contribution in [0.3, 0.4) is 0 Å². The maximum Gasteiger partial charge on any atom is 0.0704 e. The fourth-order valence-corrected chi connectivity index (χ4v) is 2.29. The number of hydrogen-bond acceptors (Lipinski definition) is 4. The predicted molar refractivity (Wildman–Crippen MR) is 68.4 cm³/mol. The van der Waals surface area contributed by atoms with Crippen LogP contribution in [-0.4, -0.2) is 52.2 Å². The van der Waals surface area contributed by atoms with Crippen molar-refractivity contribution in [1.82, 2.24) is 5.32 Å². The molecule has 0 aromatic heterocycles. The molecule has 0 aromatic rings. The minimum Gasteiger partial charge on any atom is -0.382 e. The second kappa shape index (κ2) is 9.83. The number of methoxy groups -OCH3 is 1. The largest absolute Gasteiger partial charge is 0.382 e. The van der Waals surface area contributed by atoms with Gasteiger partial charge in [0.15, 0.2) is 0 Å². The lowest BCUT2D eigenvalue weighted by atomic mass is 9.93. The molecule has 0 bridgehead atoms. The SMILES string of the molecule is CCNC1CCCC(OCCOCCOC)C1. The van der Waals surface area contributed by atoms with Gasteiger partial charge in [-0.25, -0.2) is 0 Å². The minimum atomic E-state index is 0.416. The summed E-state index contributed by atoms with van der Waals surface area (Å²) in [5.74, 6) is 0. The second-order valence-corrected chi connectivity index (χ2v) is 4.52. The van der Waals surface area contributed by atoms with Crippen molar-refractivity contribution in [2.75, 3.05) is 40.1 Å². The Morgan fingerprint density at radius 3 is 2.71 bits per heavy atom. The van der Waals surface area contributed by atoms with Crippen LogP contribution < -0.4 is 5.32 Å². The zero-order chi connectivity index (χ0) is 12.3. The number of rotatable bonds is 9. The van der Waals surface area contributed by atoms with Gasteiger partial charge in [0.25, 0.3) is 0 Å². The first-order valence-electron chi connectivity index (χ1n) is 6.78. The lowest BCUT2D eigenvalue weighted by Gasteiger charge is -2.29. The molecule has 102 valence electrons. The Balaban J connectivity index is 1.98. The number of ether oxygens (including phenoxy) is 3. The molecule has 1 rings (SSSR count). The molecule has 0 aromatic carbocycles. The topological polar surface area (TPSA) is 39.7 Å². The predicted octanol–water partition coefficient (Wildman–Crippen LogP) is 1.59. The van der Waals surface area contributed by atoms with Gasteiger partial charge >= 0.3 is 0 Å². The van der Waals surface area contributed by atoms with E-state index in [0.29, 0.717) is 38.6 Å². The highest BCUT2D eigenvalue weighted by Crippen LogP contribution is 2.20. The molecule has 0 saturated heterocycles. The molecular weight excluding hydrogens is 218 g/mol. The van der Waals surface area contributed by atoms with Gasteiger partial charge in [-0.05, 0) is 32.2 Å². The van der Waals surface area contributed by atoms with Gasteiger partial charge in [0.05, 0.1) is 32.5 Å². The molecule has 1 N–H and O–H groups in total. The standard InChI is InChI=1S/C13H27NO3/c1-3-14-12-5-4-6-13(11-12)17-10-9-16-8-7-15-2/h12-14H,3-11H2,1-2H3. The van der Waals surface area contributed by atoms with Crippen LogP contribution in [0.25, 0.3) is 0 Å². The van der Waals surface area contributed by atoms with Crippen LogP contribution >= 0.6 is 0 Å². The molecule has 2 atom stereocenters. The van der Waals surface area contributed by atoms with E-state index in [2.05, 4.69) is 12.2 Å². The van der Waals surface area contributed by atoms with Crippen LogP contribution in [0, 0.1) is 0 Å². The van der Waals surface area contributed by atoms with E-state index in [1.54, 1.807) is 7.11 Å². The van der Waals surface area contributed by atoms with Gasteiger partial charge in [0, 0.05) is 13.2 Å². The zero-order valence-corrected chi connectivity index (χ0v) is 11.2. The molecule has 4 heteroatoms. The normalized spacial score (nSPS) is 25.1. The highest BCUT2D eigenvalue weighted by molar-refractivity contribution is 4.77. The molecule has 1 aliphatic rings. The van der Waals surface area contributed by atoms with Crippen molar-refractivity contribution in [1.29, 1.82) is 0 Å². The summed E-state index contributed by atoms with van der Waals surface area (Å²) in [5, 5.41) is 3.50. The Morgan fingerprint density at radius 2 is 1.94 bits per heavy atom. The Bertz CT molecular complexity index is 176. The van der Waals surface area contributed by atoms with Gasteiger partial charge in [0.2, 0.25) is 0 Å². The Kier molecular flexibility index (Phi) is 8.61. The Morgan fingerprint density at radius 1 is 1.12 bits per heavy atom. The first-order valence-corrected chi connectivity index (χ1v) is 6.78. The molecule has 0 aliphatic heterocycles. The maximum absolute atomic E-state index is 5.83. The van der Waals surface area contributed by atoms with Crippen molar-refractivity contribution in [3.63, 3.8) is 0 Å². The molecule has 0 radical (unpaired) electrons. The van der Waals surface area contributed by atoms with Crippen LogP contribution in [0.15, 0.2) is 0 Å². The average molecular weight is 245 g/mol. The molecule has 17 heavy (non-hydrogen) atoms. The van der Waals surface area contributed by atoms with Gasteiger partial charge < -0.3 is 19.5 Å². The third-order valence-electron chi connectivity index (χ3n) is 3.13. The van der Waals surface area contributed by atoms with Crippen molar-refractivity contribution in [3.05, 3.63) is 0 Å². The second-order valence-electron chi connectivity index (χ2n) is 4.52. The molecule has 1 fully saturated rings. The lowest BCUT2D eigenvalue weighted by molar-refractivity contribution is -0.0226. The molecule has 0 heterocycles. The minimum absolute atomic E-state index is 0.416. The molecule has 4 nitrogen and oxygen atoms in total. The van der Waals surface area contributed by atoms with Crippen molar-refractivity contribution in [2.24, 2.45) is 0 Å². The number of nitrogens with one attached hydrogen (secondary N) is 1.